The van der Waals surface area contributed by atoms with Crippen LogP contribution >= 0.6 is 11.6 Å². The largest absolute Gasteiger partial charge is 0.573 e. The molecule has 1 heterocycles. The maximum atomic E-state index is 12.4. The highest BCUT2D eigenvalue weighted by Gasteiger charge is 2.31. The lowest BCUT2D eigenvalue weighted by atomic mass is 10.1. The topological polar surface area (TPSA) is 77.5 Å². The Morgan fingerprint density at radius 2 is 1.58 bits per heavy atom. The fourth-order valence-electron chi connectivity index (χ4n) is 3.62. The highest BCUT2D eigenvalue weighted by Crippen LogP contribution is 2.36. The Morgan fingerprint density at radius 1 is 0.889 bits per heavy atom. The van der Waals surface area contributed by atoms with Gasteiger partial charge in [0.25, 0.3) is 0 Å². The van der Waals surface area contributed by atoms with Crippen LogP contribution in [0.15, 0.2) is 60.7 Å². The van der Waals surface area contributed by atoms with E-state index < -0.39 is 6.36 Å². The Kier molecular flexibility index (Phi) is 7.25. The molecular weight excluding hydrogens is 497 g/mol. The van der Waals surface area contributed by atoms with Gasteiger partial charge < -0.3 is 24.8 Å². The minimum absolute atomic E-state index is 0.0813. The van der Waals surface area contributed by atoms with E-state index in [9.17, 15) is 13.2 Å². The van der Waals surface area contributed by atoms with E-state index in [-0.39, 0.29) is 17.1 Å². The van der Waals surface area contributed by atoms with Gasteiger partial charge in [0.05, 0.1) is 25.8 Å². The first-order chi connectivity index (χ1) is 17.1. The molecule has 0 amide bonds. The Labute approximate surface area is 210 Å². The lowest BCUT2D eigenvalue weighted by molar-refractivity contribution is -0.274. The summed E-state index contributed by atoms with van der Waals surface area (Å²) < 4.78 is 51.8. The first-order valence-corrected chi connectivity index (χ1v) is 11.1. The number of halogens is 4. The van der Waals surface area contributed by atoms with Crippen molar-refractivity contribution in [1.82, 2.24) is 9.97 Å². The minimum atomic E-state index is -4.73. The van der Waals surface area contributed by atoms with E-state index in [0.29, 0.717) is 33.9 Å². The smallest absolute Gasteiger partial charge is 0.493 e. The van der Waals surface area contributed by atoms with Crippen molar-refractivity contribution >= 4 is 39.7 Å². The van der Waals surface area contributed by atoms with Gasteiger partial charge in [-0.2, -0.15) is 0 Å². The third kappa shape index (κ3) is 6.01. The van der Waals surface area contributed by atoms with Crippen LogP contribution in [-0.4, -0.2) is 30.5 Å². The number of hydrogen-bond donors (Lipinski definition) is 2. The summed E-state index contributed by atoms with van der Waals surface area (Å²) in [6, 6.07) is 16.4. The van der Waals surface area contributed by atoms with E-state index in [0.717, 1.165) is 11.3 Å². The molecule has 1 atom stereocenters. The van der Waals surface area contributed by atoms with Crippen molar-refractivity contribution in [2.45, 2.75) is 19.3 Å². The molecule has 0 fully saturated rings. The maximum absolute atomic E-state index is 12.4. The molecule has 2 N–H and O–H groups in total. The summed E-state index contributed by atoms with van der Waals surface area (Å²) in [5, 5.41) is 7.34. The molecule has 188 valence electrons. The summed E-state index contributed by atoms with van der Waals surface area (Å²) >= 11 is 6.17. The molecule has 4 rings (SSSR count). The van der Waals surface area contributed by atoms with Crippen LogP contribution in [0.3, 0.4) is 0 Å². The first-order valence-electron chi connectivity index (χ1n) is 10.7. The van der Waals surface area contributed by atoms with Crippen LogP contribution in [-0.2, 0) is 0 Å². The maximum Gasteiger partial charge on any atom is 0.573 e. The van der Waals surface area contributed by atoms with E-state index in [1.807, 2.05) is 31.2 Å². The van der Waals surface area contributed by atoms with Gasteiger partial charge in [-0.3, -0.25) is 0 Å². The van der Waals surface area contributed by atoms with E-state index in [1.54, 1.807) is 26.4 Å². The van der Waals surface area contributed by atoms with Crippen molar-refractivity contribution in [3.63, 3.8) is 0 Å². The minimum Gasteiger partial charge on any atom is -0.493 e. The second kappa shape index (κ2) is 10.4. The van der Waals surface area contributed by atoms with Crippen molar-refractivity contribution in [3.8, 4) is 17.2 Å². The average molecular weight is 519 g/mol. The predicted molar refractivity (Wildman–Crippen MR) is 133 cm³/mol. The van der Waals surface area contributed by atoms with E-state index in [4.69, 9.17) is 21.1 Å². The number of aromatic nitrogens is 2. The molecule has 36 heavy (non-hydrogen) atoms. The van der Waals surface area contributed by atoms with Crippen LogP contribution in [0.5, 0.6) is 17.2 Å². The fourth-order valence-corrected chi connectivity index (χ4v) is 3.79. The standard InChI is InChI=1S/C25H22ClF3N4O3/c1-14(30-23-19-12-21(34-2)22(35-3)13-20(19)32-24(26)33-23)15-5-4-6-17(11-15)31-16-7-9-18(10-8-16)36-25(27,28)29/h4-14,31H,1-3H3,(H,30,32,33). The molecule has 0 aliphatic heterocycles. The zero-order chi connectivity index (χ0) is 25.9. The highest BCUT2D eigenvalue weighted by atomic mass is 35.5. The number of benzene rings is 3. The number of hydrogen-bond acceptors (Lipinski definition) is 7. The summed E-state index contributed by atoms with van der Waals surface area (Å²) in [7, 11) is 3.09. The molecular formula is C25H22ClF3N4O3. The van der Waals surface area contributed by atoms with Gasteiger partial charge in [0.2, 0.25) is 5.28 Å². The van der Waals surface area contributed by atoms with E-state index >= 15 is 0 Å². The molecule has 3 aromatic carbocycles. The van der Waals surface area contributed by atoms with Crippen molar-refractivity contribution in [3.05, 3.63) is 71.5 Å². The number of methoxy groups -OCH3 is 2. The number of nitrogens with one attached hydrogen (secondary N) is 2. The number of ether oxygens (including phenoxy) is 3. The van der Waals surface area contributed by atoms with Crippen molar-refractivity contribution in [2.75, 3.05) is 24.9 Å². The van der Waals surface area contributed by atoms with E-state index in [1.165, 1.54) is 24.3 Å². The molecule has 1 aromatic heterocycles. The van der Waals surface area contributed by atoms with Crippen molar-refractivity contribution in [2.24, 2.45) is 0 Å². The molecule has 0 bridgehead atoms. The Balaban J connectivity index is 1.54. The summed E-state index contributed by atoms with van der Waals surface area (Å²) in [6.07, 6.45) is -4.73. The van der Waals surface area contributed by atoms with Gasteiger partial charge in [-0.1, -0.05) is 12.1 Å². The van der Waals surface area contributed by atoms with Gasteiger partial charge in [0.1, 0.15) is 11.6 Å². The Morgan fingerprint density at radius 3 is 2.25 bits per heavy atom. The van der Waals surface area contributed by atoms with Gasteiger partial charge in [0.15, 0.2) is 11.5 Å². The molecule has 7 nitrogen and oxygen atoms in total. The van der Waals surface area contributed by atoms with Crippen molar-refractivity contribution in [1.29, 1.82) is 0 Å². The summed E-state index contributed by atoms with van der Waals surface area (Å²) in [5.74, 6) is 1.29. The molecule has 0 radical (unpaired) electrons. The second-order valence-electron chi connectivity index (χ2n) is 7.75. The van der Waals surface area contributed by atoms with Crippen LogP contribution in [0.4, 0.5) is 30.4 Å². The zero-order valence-electron chi connectivity index (χ0n) is 19.5. The van der Waals surface area contributed by atoms with Crippen LogP contribution in [0, 0.1) is 0 Å². The number of nitrogens with zero attached hydrogens (tertiary/aromatic N) is 2. The van der Waals surface area contributed by atoms with Crippen LogP contribution in [0.2, 0.25) is 5.28 Å². The van der Waals surface area contributed by atoms with Gasteiger partial charge >= 0.3 is 6.36 Å². The third-order valence-electron chi connectivity index (χ3n) is 5.29. The van der Waals surface area contributed by atoms with Crippen LogP contribution in [0.25, 0.3) is 10.9 Å². The molecule has 4 aromatic rings. The lowest BCUT2D eigenvalue weighted by Gasteiger charge is -2.18. The van der Waals surface area contributed by atoms with Crippen LogP contribution < -0.4 is 24.8 Å². The van der Waals surface area contributed by atoms with Gasteiger partial charge in [-0.05, 0) is 66.6 Å². The Hall–Kier alpha value is -3.92. The molecule has 0 saturated carbocycles. The predicted octanol–water partition coefficient (Wildman–Crippen LogP) is 7.12. The molecule has 1 unspecified atom stereocenters. The van der Waals surface area contributed by atoms with Crippen LogP contribution in [0.1, 0.15) is 18.5 Å². The van der Waals surface area contributed by atoms with Crippen molar-refractivity contribution < 1.29 is 27.4 Å². The van der Waals surface area contributed by atoms with Gasteiger partial charge in [-0.15, -0.1) is 13.2 Å². The molecule has 11 heteroatoms. The quantitative estimate of drug-likeness (QED) is 0.240. The van der Waals surface area contributed by atoms with Gasteiger partial charge in [0, 0.05) is 22.8 Å². The fraction of sp³-hybridized carbons (Fsp3) is 0.200. The molecule has 0 aliphatic carbocycles. The average Bonchev–Trinajstić information content (AvgIpc) is 2.83. The molecule has 0 spiro atoms. The zero-order valence-corrected chi connectivity index (χ0v) is 20.2. The Bertz CT molecular complexity index is 1370. The molecule has 0 saturated heterocycles. The summed E-state index contributed by atoms with van der Waals surface area (Å²) in [6.45, 7) is 1.96. The number of anilines is 3. The summed E-state index contributed by atoms with van der Waals surface area (Å²) in [4.78, 5) is 8.65. The second-order valence-corrected chi connectivity index (χ2v) is 8.09. The number of alkyl halides is 3. The monoisotopic (exact) mass is 518 g/mol. The van der Waals surface area contributed by atoms with Gasteiger partial charge in [-0.25, -0.2) is 9.97 Å². The first kappa shape index (κ1) is 25.2. The summed E-state index contributed by atoms with van der Waals surface area (Å²) in [5.41, 5.74) is 2.88. The van der Waals surface area contributed by atoms with E-state index in [2.05, 4.69) is 25.3 Å². The third-order valence-corrected chi connectivity index (χ3v) is 5.46. The highest BCUT2D eigenvalue weighted by molar-refractivity contribution is 6.28. The number of fused-ring (bicyclic) bond motifs is 1. The molecule has 0 aliphatic rings. The number of rotatable bonds is 8. The lowest BCUT2D eigenvalue weighted by Crippen LogP contribution is -2.16. The SMILES string of the molecule is COc1cc2nc(Cl)nc(NC(C)c3cccc(Nc4ccc(OC(F)(F)F)cc4)c3)c2cc1OC. The normalized spacial score (nSPS) is 12.2.